The molecule has 0 bridgehead atoms. The zero-order valence-corrected chi connectivity index (χ0v) is 14.0. The van der Waals surface area contributed by atoms with Crippen LogP contribution in [-0.4, -0.2) is 64.4 Å². The summed E-state index contributed by atoms with van der Waals surface area (Å²) < 4.78 is 17.0. The predicted octanol–water partition coefficient (Wildman–Crippen LogP) is 0.905. The first-order valence-corrected chi connectivity index (χ1v) is 9.44. The minimum atomic E-state index is -0.656. The van der Waals surface area contributed by atoms with Gasteiger partial charge in [0.1, 0.15) is 0 Å². The summed E-state index contributed by atoms with van der Waals surface area (Å²) in [4.78, 5) is 14.3. The van der Waals surface area contributed by atoms with E-state index in [-0.39, 0.29) is 17.6 Å². The van der Waals surface area contributed by atoms with Gasteiger partial charge in [0.15, 0.2) is 0 Å². The van der Waals surface area contributed by atoms with Crippen molar-refractivity contribution >= 4 is 16.7 Å². The number of amides is 1. The van der Waals surface area contributed by atoms with E-state index in [1.165, 1.54) is 0 Å². The van der Waals surface area contributed by atoms with Crippen LogP contribution in [-0.2, 0) is 20.3 Å². The van der Waals surface area contributed by atoms with Crippen LogP contribution in [0.3, 0.4) is 0 Å². The van der Waals surface area contributed by atoms with Crippen molar-refractivity contribution in [3.05, 3.63) is 0 Å². The summed E-state index contributed by atoms with van der Waals surface area (Å²) in [5.74, 6) is 1.60. The molecule has 2 rings (SSSR count). The Balaban J connectivity index is 1.67. The number of rotatable bonds is 6. The molecule has 0 aliphatic carbocycles. The summed E-state index contributed by atoms with van der Waals surface area (Å²) in [6.07, 6.45) is 3.86. The Labute approximate surface area is 130 Å². The third-order valence-corrected chi connectivity index (χ3v) is 5.75. The van der Waals surface area contributed by atoms with Crippen molar-refractivity contribution in [1.29, 1.82) is 0 Å². The van der Waals surface area contributed by atoms with E-state index in [1.54, 1.807) is 0 Å². The molecule has 2 aliphatic rings. The molecule has 122 valence electrons. The maximum Gasteiger partial charge on any atom is 0.220 e. The topological polar surface area (TPSA) is 58.6 Å². The molecule has 2 heterocycles. The van der Waals surface area contributed by atoms with Crippen LogP contribution in [0.5, 0.6) is 0 Å². The fraction of sp³-hybridized carbons (Fsp3) is 0.933. The molecule has 1 unspecified atom stereocenters. The fourth-order valence-electron chi connectivity index (χ4n) is 2.92. The Morgan fingerprint density at radius 1 is 1.38 bits per heavy atom. The molecule has 0 aromatic heterocycles. The van der Waals surface area contributed by atoms with Crippen molar-refractivity contribution in [3.8, 4) is 0 Å². The van der Waals surface area contributed by atoms with Gasteiger partial charge in [0.05, 0.1) is 6.10 Å². The van der Waals surface area contributed by atoms with Gasteiger partial charge in [-0.1, -0.05) is 0 Å². The van der Waals surface area contributed by atoms with Gasteiger partial charge in [0.25, 0.3) is 0 Å². The highest BCUT2D eigenvalue weighted by atomic mass is 32.2. The molecule has 2 aliphatic heterocycles. The van der Waals surface area contributed by atoms with Crippen LogP contribution in [0.15, 0.2) is 0 Å². The molecule has 5 nitrogen and oxygen atoms in total. The summed E-state index contributed by atoms with van der Waals surface area (Å²) in [6.45, 7) is 7.47. The molecule has 0 aromatic rings. The lowest BCUT2D eigenvalue weighted by Crippen LogP contribution is -2.55. The minimum Gasteiger partial charge on any atom is -0.378 e. The Morgan fingerprint density at radius 2 is 2.10 bits per heavy atom. The third-order valence-electron chi connectivity index (χ3n) is 4.47. The second kappa shape index (κ2) is 7.70. The molecule has 0 saturated carbocycles. The van der Waals surface area contributed by atoms with Crippen LogP contribution in [0.2, 0.25) is 0 Å². The van der Waals surface area contributed by atoms with Crippen LogP contribution in [0.25, 0.3) is 0 Å². The van der Waals surface area contributed by atoms with E-state index in [0.717, 1.165) is 50.5 Å². The summed E-state index contributed by atoms with van der Waals surface area (Å²) in [5, 5.41) is 3.04. The van der Waals surface area contributed by atoms with Crippen molar-refractivity contribution in [2.75, 3.05) is 37.7 Å². The molecular weight excluding hydrogens is 288 g/mol. The van der Waals surface area contributed by atoms with E-state index in [0.29, 0.717) is 13.0 Å². The van der Waals surface area contributed by atoms with Crippen molar-refractivity contribution < 1.29 is 13.7 Å². The van der Waals surface area contributed by atoms with E-state index in [9.17, 15) is 9.00 Å². The molecule has 2 saturated heterocycles. The first-order valence-electron chi connectivity index (χ1n) is 7.96. The van der Waals surface area contributed by atoms with Crippen LogP contribution in [0.4, 0.5) is 0 Å². The lowest BCUT2D eigenvalue weighted by Gasteiger charge is -2.40. The summed E-state index contributed by atoms with van der Waals surface area (Å²) in [7, 11) is -0.656. The van der Waals surface area contributed by atoms with Crippen molar-refractivity contribution in [1.82, 2.24) is 10.2 Å². The van der Waals surface area contributed by atoms with Gasteiger partial charge in [-0.15, -0.1) is 0 Å². The van der Waals surface area contributed by atoms with E-state index in [1.807, 2.05) is 0 Å². The number of carbonyl (C=O) groups is 1. The first kappa shape index (κ1) is 16.9. The van der Waals surface area contributed by atoms with Gasteiger partial charge in [-0.05, 0) is 33.1 Å². The van der Waals surface area contributed by atoms with E-state index < -0.39 is 10.8 Å². The molecule has 2 fully saturated rings. The normalized spacial score (nSPS) is 25.1. The summed E-state index contributed by atoms with van der Waals surface area (Å²) in [5.41, 5.74) is -0.0792. The Kier molecular flexibility index (Phi) is 6.20. The molecule has 1 N–H and O–H groups in total. The Bertz CT molecular complexity index is 371. The molecule has 1 atom stereocenters. The highest BCUT2D eigenvalue weighted by Gasteiger charge is 2.30. The standard InChI is InChI=1S/C15H28N2O3S/c1-15(2,17-7-10-21(19)11-8-17)12-16-14(18)6-5-13-4-3-9-20-13/h13H,3-12H2,1-2H3,(H,16,18). The van der Waals surface area contributed by atoms with Crippen molar-refractivity contribution in [3.63, 3.8) is 0 Å². The smallest absolute Gasteiger partial charge is 0.220 e. The Morgan fingerprint density at radius 3 is 2.71 bits per heavy atom. The van der Waals surface area contributed by atoms with Gasteiger partial charge in [0.2, 0.25) is 5.91 Å². The molecule has 6 heteroatoms. The zero-order chi connectivity index (χ0) is 15.3. The monoisotopic (exact) mass is 316 g/mol. The number of carbonyl (C=O) groups excluding carboxylic acids is 1. The van der Waals surface area contributed by atoms with Gasteiger partial charge >= 0.3 is 0 Å². The number of hydrogen-bond acceptors (Lipinski definition) is 4. The van der Waals surface area contributed by atoms with Crippen LogP contribution in [0, 0.1) is 0 Å². The third kappa shape index (κ3) is 5.34. The zero-order valence-electron chi connectivity index (χ0n) is 13.2. The quantitative estimate of drug-likeness (QED) is 0.791. The lowest BCUT2D eigenvalue weighted by molar-refractivity contribution is -0.122. The van der Waals surface area contributed by atoms with Crippen LogP contribution < -0.4 is 5.32 Å². The average Bonchev–Trinajstić information content (AvgIpc) is 2.97. The molecule has 0 aromatic carbocycles. The van der Waals surface area contributed by atoms with E-state index in [2.05, 4.69) is 24.1 Å². The second-order valence-electron chi connectivity index (χ2n) is 6.60. The van der Waals surface area contributed by atoms with E-state index in [4.69, 9.17) is 4.74 Å². The molecule has 0 radical (unpaired) electrons. The number of nitrogens with zero attached hydrogens (tertiary/aromatic N) is 1. The van der Waals surface area contributed by atoms with Crippen molar-refractivity contribution in [2.24, 2.45) is 0 Å². The maximum absolute atomic E-state index is 11.9. The molecule has 0 spiro atoms. The maximum atomic E-state index is 11.9. The van der Waals surface area contributed by atoms with Crippen LogP contribution in [0.1, 0.15) is 39.5 Å². The predicted molar refractivity (Wildman–Crippen MR) is 84.7 cm³/mol. The van der Waals surface area contributed by atoms with Crippen molar-refractivity contribution in [2.45, 2.75) is 51.2 Å². The first-order chi connectivity index (χ1) is 9.97. The number of hydrogen-bond donors (Lipinski definition) is 1. The highest BCUT2D eigenvalue weighted by Crippen LogP contribution is 2.18. The number of ether oxygens (including phenoxy) is 1. The Hall–Kier alpha value is -0.460. The molecular formula is C15H28N2O3S. The van der Waals surface area contributed by atoms with Gasteiger partial charge in [-0.3, -0.25) is 13.9 Å². The van der Waals surface area contributed by atoms with Gasteiger partial charge in [-0.2, -0.15) is 0 Å². The van der Waals surface area contributed by atoms with E-state index >= 15 is 0 Å². The summed E-state index contributed by atoms with van der Waals surface area (Å²) in [6, 6.07) is 0. The van der Waals surface area contributed by atoms with Gasteiger partial charge in [0, 0.05) is 60.5 Å². The summed E-state index contributed by atoms with van der Waals surface area (Å²) >= 11 is 0. The molecule has 21 heavy (non-hydrogen) atoms. The highest BCUT2D eigenvalue weighted by molar-refractivity contribution is 7.85. The van der Waals surface area contributed by atoms with Crippen LogP contribution >= 0.6 is 0 Å². The van der Waals surface area contributed by atoms with Gasteiger partial charge < -0.3 is 10.1 Å². The average molecular weight is 316 g/mol. The molecule has 1 amide bonds. The minimum absolute atomic E-state index is 0.0792. The second-order valence-corrected chi connectivity index (χ2v) is 8.29. The van der Waals surface area contributed by atoms with Gasteiger partial charge in [-0.25, -0.2) is 0 Å². The SMILES string of the molecule is CC(C)(CNC(=O)CCC1CCCO1)N1CCS(=O)CC1. The number of nitrogens with one attached hydrogen (secondary N) is 1. The fourth-order valence-corrected chi connectivity index (χ4v) is 3.97. The largest absolute Gasteiger partial charge is 0.378 e. The lowest BCUT2D eigenvalue weighted by atomic mass is 10.0.